The summed E-state index contributed by atoms with van der Waals surface area (Å²) in [4.78, 5) is 18.4. The molecule has 0 saturated carbocycles. The standard InChI is InChI=1S/C20H25N3O3/c1-19(2,3)26-18(24)22-10-6-9-20(25,12-22)17-15-8-5-4-7-14(15)16-11-21-13-23(16)17/h4-5,7-8,11,13,17,25H,6,9-10,12H2,1-3H3/t17?,20-/m0/s1. The van der Waals surface area contributed by atoms with Gasteiger partial charge in [-0.25, -0.2) is 9.78 Å². The Bertz CT molecular complexity index is 839. The van der Waals surface area contributed by atoms with E-state index < -0.39 is 11.2 Å². The van der Waals surface area contributed by atoms with Crippen LogP contribution >= 0.6 is 0 Å². The number of ether oxygens (including phenoxy) is 1. The van der Waals surface area contributed by atoms with Crippen LogP contribution in [-0.2, 0) is 4.74 Å². The normalized spacial score (nSPS) is 24.9. The van der Waals surface area contributed by atoms with Gasteiger partial charge in [-0.3, -0.25) is 0 Å². The molecule has 4 rings (SSSR count). The SMILES string of the molecule is CC(C)(C)OC(=O)N1CCC[C@@](O)(C2c3ccccc3-c3cncn32)C1. The van der Waals surface area contributed by atoms with Crippen molar-refractivity contribution in [1.29, 1.82) is 0 Å². The first kappa shape index (κ1) is 17.1. The fraction of sp³-hybridized carbons (Fsp3) is 0.500. The predicted octanol–water partition coefficient (Wildman–Crippen LogP) is 3.21. The van der Waals surface area contributed by atoms with E-state index in [4.69, 9.17) is 4.74 Å². The molecule has 138 valence electrons. The number of carbonyl (C=O) groups is 1. The van der Waals surface area contributed by atoms with Gasteiger partial charge >= 0.3 is 6.09 Å². The number of likely N-dealkylation sites (tertiary alicyclic amines) is 1. The third-order valence-electron chi connectivity index (χ3n) is 5.14. The van der Waals surface area contributed by atoms with Crippen LogP contribution in [-0.4, -0.2) is 49.9 Å². The molecule has 0 bridgehead atoms. The molecule has 1 saturated heterocycles. The molecule has 2 atom stereocenters. The lowest BCUT2D eigenvalue weighted by atomic mass is 9.82. The van der Waals surface area contributed by atoms with Gasteiger partial charge in [-0.05, 0) is 39.2 Å². The summed E-state index contributed by atoms with van der Waals surface area (Å²) in [5.41, 5.74) is 1.58. The van der Waals surface area contributed by atoms with Gasteiger partial charge in [0.2, 0.25) is 0 Å². The molecule has 1 fully saturated rings. The Morgan fingerprint density at radius 2 is 2.12 bits per heavy atom. The maximum Gasteiger partial charge on any atom is 0.410 e. The number of rotatable bonds is 1. The molecule has 1 aromatic heterocycles. The van der Waals surface area contributed by atoms with Crippen LogP contribution < -0.4 is 0 Å². The van der Waals surface area contributed by atoms with Crippen LogP contribution in [0.3, 0.4) is 0 Å². The lowest BCUT2D eigenvalue weighted by Crippen LogP contribution is -2.55. The number of aromatic nitrogens is 2. The molecule has 0 radical (unpaired) electrons. The number of benzene rings is 1. The molecule has 26 heavy (non-hydrogen) atoms. The van der Waals surface area contributed by atoms with E-state index in [0.717, 1.165) is 23.2 Å². The number of imidazole rings is 1. The molecule has 1 amide bonds. The molecule has 3 heterocycles. The number of fused-ring (bicyclic) bond motifs is 3. The van der Waals surface area contributed by atoms with Crippen LogP contribution in [0.1, 0.15) is 45.2 Å². The Balaban J connectivity index is 1.66. The van der Waals surface area contributed by atoms with E-state index in [1.807, 2.05) is 43.7 Å². The minimum Gasteiger partial charge on any atom is -0.444 e. The van der Waals surface area contributed by atoms with Crippen molar-refractivity contribution in [2.75, 3.05) is 13.1 Å². The Kier molecular flexibility index (Phi) is 3.84. The van der Waals surface area contributed by atoms with Crippen LogP contribution in [0.25, 0.3) is 11.3 Å². The van der Waals surface area contributed by atoms with Crippen LogP contribution in [0.15, 0.2) is 36.8 Å². The maximum absolute atomic E-state index is 12.5. The molecule has 1 N–H and O–H groups in total. The smallest absolute Gasteiger partial charge is 0.410 e. The van der Waals surface area contributed by atoms with Crippen LogP contribution in [0.4, 0.5) is 4.79 Å². The summed E-state index contributed by atoms with van der Waals surface area (Å²) in [6, 6.07) is 7.85. The van der Waals surface area contributed by atoms with Crippen molar-refractivity contribution in [2.24, 2.45) is 0 Å². The van der Waals surface area contributed by atoms with E-state index in [2.05, 4.69) is 17.1 Å². The Morgan fingerprint density at radius 3 is 2.88 bits per heavy atom. The van der Waals surface area contributed by atoms with Crippen molar-refractivity contribution in [3.63, 3.8) is 0 Å². The molecular formula is C20H25N3O3. The van der Waals surface area contributed by atoms with E-state index in [1.165, 1.54) is 0 Å². The molecule has 2 aromatic rings. The Hall–Kier alpha value is -2.34. The predicted molar refractivity (Wildman–Crippen MR) is 97.8 cm³/mol. The van der Waals surface area contributed by atoms with E-state index in [1.54, 1.807) is 11.2 Å². The van der Waals surface area contributed by atoms with Crippen molar-refractivity contribution < 1.29 is 14.6 Å². The summed E-state index contributed by atoms with van der Waals surface area (Å²) in [6.45, 7) is 6.41. The molecule has 6 nitrogen and oxygen atoms in total. The third-order valence-corrected chi connectivity index (χ3v) is 5.14. The van der Waals surface area contributed by atoms with Crippen molar-refractivity contribution in [3.8, 4) is 11.3 Å². The molecule has 6 heteroatoms. The van der Waals surface area contributed by atoms with Gasteiger partial charge in [0, 0.05) is 12.1 Å². The van der Waals surface area contributed by atoms with Gasteiger partial charge in [-0.1, -0.05) is 24.3 Å². The second kappa shape index (κ2) is 5.84. The quantitative estimate of drug-likeness (QED) is 0.853. The summed E-state index contributed by atoms with van der Waals surface area (Å²) in [5, 5.41) is 11.6. The first-order chi connectivity index (χ1) is 12.3. The molecule has 0 spiro atoms. The van der Waals surface area contributed by atoms with Gasteiger partial charge in [0.1, 0.15) is 11.2 Å². The van der Waals surface area contributed by atoms with E-state index >= 15 is 0 Å². The highest BCUT2D eigenvalue weighted by Gasteiger charge is 2.47. The fourth-order valence-corrected chi connectivity index (χ4v) is 4.16. The number of hydrogen-bond acceptors (Lipinski definition) is 4. The average Bonchev–Trinajstić information content (AvgIpc) is 3.13. The Labute approximate surface area is 153 Å². The molecule has 2 aliphatic heterocycles. The van der Waals surface area contributed by atoms with E-state index in [9.17, 15) is 9.90 Å². The summed E-state index contributed by atoms with van der Waals surface area (Å²) in [5.74, 6) is 0. The zero-order valence-electron chi connectivity index (χ0n) is 15.5. The van der Waals surface area contributed by atoms with Gasteiger partial charge in [-0.15, -0.1) is 0 Å². The van der Waals surface area contributed by atoms with E-state index in [0.29, 0.717) is 13.0 Å². The topological polar surface area (TPSA) is 67.6 Å². The van der Waals surface area contributed by atoms with Gasteiger partial charge in [0.05, 0.1) is 30.8 Å². The summed E-state index contributed by atoms with van der Waals surface area (Å²) in [6.07, 6.45) is 4.59. The largest absolute Gasteiger partial charge is 0.444 e. The second-order valence-electron chi connectivity index (χ2n) is 8.28. The van der Waals surface area contributed by atoms with Gasteiger partial charge < -0.3 is 19.3 Å². The monoisotopic (exact) mass is 355 g/mol. The fourth-order valence-electron chi connectivity index (χ4n) is 4.16. The van der Waals surface area contributed by atoms with Crippen molar-refractivity contribution in [1.82, 2.24) is 14.5 Å². The molecule has 0 aliphatic carbocycles. The highest BCUT2D eigenvalue weighted by Crippen LogP contribution is 2.47. The van der Waals surface area contributed by atoms with E-state index in [-0.39, 0.29) is 18.7 Å². The number of hydrogen-bond donors (Lipinski definition) is 1. The third kappa shape index (κ3) is 2.78. The zero-order valence-corrected chi connectivity index (χ0v) is 15.5. The highest BCUT2D eigenvalue weighted by atomic mass is 16.6. The highest BCUT2D eigenvalue weighted by molar-refractivity contribution is 5.70. The maximum atomic E-state index is 12.5. The lowest BCUT2D eigenvalue weighted by Gasteiger charge is -2.43. The lowest BCUT2D eigenvalue weighted by molar-refractivity contribution is -0.0626. The van der Waals surface area contributed by atoms with Crippen molar-refractivity contribution in [3.05, 3.63) is 42.4 Å². The first-order valence-corrected chi connectivity index (χ1v) is 9.10. The van der Waals surface area contributed by atoms with Crippen molar-refractivity contribution >= 4 is 6.09 Å². The summed E-state index contributed by atoms with van der Waals surface area (Å²) >= 11 is 0. The number of piperidine rings is 1. The number of amides is 1. The second-order valence-corrected chi connectivity index (χ2v) is 8.28. The molecule has 1 unspecified atom stereocenters. The first-order valence-electron chi connectivity index (χ1n) is 9.10. The van der Waals surface area contributed by atoms with Crippen LogP contribution in [0, 0.1) is 0 Å². The molecular weight excluding hydrogens is 330 g/mol. The minimum atomic E-state index is -1.06. The average molecular weight is 355 g/mol. The number of β-amino-alcohol motifs (C(OH)–C–C–N with tert-alkyl or cyclic N) is 1. The minimum absolute atomic E-state index is 0.249. The number of aliphatic hydroxyl groups is 1. The van der Waals surface area contributed by atoms with Gasteiger partial charge in [-0.2, -0.15) is 0 Å². The van der Waals surface area contributed by atoms with Gasteiger partial charge in [0.15, 0.2) is 0 Å². The van der Waals surface area contributed by atoms with Crippen molar-refractivity contribution in [2.45, 2.75) is 50.9 Å². The van der Waals surface area contributed by atoms with Gasteiger partial charge in [0.25, 0.3) is 0 Å². The molecule has 1 aromatic carbocycles. The number of carbonyl (C=O) groups excluding carboxylic acids is 1. The zero-order chi connectivity index (χ0) is 18.5. The number of nitrogens with zero attached hydrogens (tertiary/aromatic N) is 3. The molecule has 2 aliphatic rings. The van der Waals surface area contributed by atoms with Crippen LogP contribution in [0.5, 0.6) is 0 Å². The summed E-state index contributed by atoms with van der Waals surface area (Å²) < 4.78 is 7.54. The summed E-state index contributed by atoms with van der Waals surface area (Å²) in [7, 11) is 0. The Morgan fingerprint density at radius 1 is 1.35 bits per heavy atom. The van der Waals surface area contributed by atoms with Crippen LogP contribution in [0.2, 0.25) is 0 Å².